The first kappa shape index (κ1) is 17.2. The summed E-state index contributed by atoms with van der Waals surface area (Å²) in [5.74, 6) is 0.230. The van der Waals surface area contributed by atoms with Gasteiger partial charge in [0, 0.05) is 22.8 Å². The molecule has 24 heavy (non-hydrogen) atoms. The number of hydrogen-bond donors (Lipinski definition) is 1. The molecule has 4 nitrogen and oxygen atoms in total. The fraction of sp³-hybridized carbons (Fsp3) is 0.444. The molecule has 6 heteroatoms. The van der Waals surface area contributed by atoms with E-state index in [0.29, 0.717) is 12.5 Å². The molecular weight excluding hydrogens is 338 g/mol. The molecule has 2 aromatic rings. The number of nitriles is 1. The maximum absolute atomic E-state index is 12.5. The predicted octanol–water partition coefficient (Wildman–Crippen LogP) is 3.62. The van der Waals surface area contributed by atoms with Crippen molar-refractivity contribution in [2.24, 2.45) is 5.92 Å². The van der Waals surface area contributed by atoms with Gasteiger partial charge in [-0.15, -0.1) is 22.7 Å². The second-order valence-corrected chi connectivity index (χ2v) is 8.50. The summed E-state index contributed by atoms with van der Waals surface area (Å²) in [4.78, 5) is 17.1. The van der Waals surface area contributed by atoms with Gasteiger partial charge in [-0.3, -0.25) is 9.69 Å². The van der Waals surface area contributed by atoms with Crippen LogP contribution in [-0.4, -0.2) is 22.9 Å². The second kappa shape index (κ2) is 7.47. The van der Waals surface area contributed by atoms with Crippen LogP contribution in [0, 0.1) is 17.2 Å². The molecule has 3 rings (SSSR count). The van der Waals surface area contributed by atoms with E-state index in [1.165, 1.54) is 9.75 Å². The van der Waals surface area contributed by atoms with Crippen molar-refractivity contribution in [3.8, 4) is 6.07 Å². The summed E-state index contributed by atoms with van der Waals surface area (Å²) in [5.41, 5.74) is -0.728. The predicted molar refractivity (Wildman–Crippen MR) is 97.6 cm³/mol. The van der Waals surface area contributed by atoms with Crippen molar-refractivity contribution in [2.75, 3.05) is 6.54 Å². The SMILES string of the molecule is C[C@@](C#N)(NC(=O)CN(Cc1cccs1)Cc1cccs1)C1CC1. The normalized spacial score (nSPS) is 16.5. The fourth-order valence-corrected chi connectivity index (χ4v) is 4.32. The molecular formula is C18H21N3OS2. The number of carbonyl (C=O) groups is 1. The Labute approximate surface area is 150 Å². The highest BCUT2D eigenvalue weighted by atomic mass is 32.1. The van der Waals surface area contributed by atoms with E-state index in [0.717, 1.165) is 25.9 Å². The van der Waals surface area contributed by atoms with E-state index >= 15 is 0 Å². The Balaban J connectivity index is 1.64. The van der Waals surface area contributed by atoms with Gasteiger partial charge in [0.2, 0.25) is 5.91 Å². The first-order chi connectivity index (χ1) is 11.6. The number of rotatable bonds is 8. The van der Waals surface area contributed by atoms with E-state index in [1.807, 2.05) is 19.1 Å². The number of carbonyl (C=O) groups excluding carboxylic acids is 1. The van der Waals surface area contributed by atoms with Gasteiger partial charge in [-0.25, -0.2) is 0 Å². The van der Waals surface area contributed by atoms with Gasteiger partial charge in [0.05, 0.1) is 12.6 Å². The maximum atomic E-state index is 12.5. The molecule has 1 amide bonds. The number of hydrogen-bond acceptors (Lipinski definition) is 5. The molecule has 0 unspecified atom stereocenters. The van der Waals surface area contributed by atoms with Crippen molar-refractivity contribution in [2.45, 2.75) is 38.4 Å². The van der Waals surface area contributed by atoms with Crippen LogP contribution in [0.25, 0.3) is 0 Å². The standard InChI is InChI=1S/C18H21N3OS2/c1-18(13-19,14-6-7-14)20-17(22)12-21(10-15-4-2-8-23-15)11-16-5-3-9-24-16/h2-5,8-9,14H,6-7,10-12H2,1H3,(H,20,22)/t18-/m0/s1. The van der Waals surface area contributed by atoms with Crippen LogP contribution in [-0.2, 0) is 17.9 Å². The van der Waals surface area contributed by atoms with Crippen molar-refractivity contribution in [3.05, 3.63) is 44.8 Å². The van der Waals surface area contributed by atoms with E-state index in [1.54, 1.807) is 22.7 Å². The maximum Gasteiger partial charge on any atom is 0.235 e. The average molecular weight is 360 g/mol. The van der Waals surface area contributed by atoms with E-state index in [4.69, 9.17) is 0 Å². The molecule has 1 atom stereocenters. The smallest absolute Gasteiger partial charge is 0.235 e. The Kier molecular flexibility index (Phi) is 5.34. The quantitative estimate of drug-likeness (QED) is 0.783. The highest BCUT2D eigenvalue weighted by Gasteiger charge is 2.43. The lowest BCUT2D eigenvalue weighted by molar-refractivity contribution is -0.123. The molecule has 126 valence electrons. The minimum Gasteiger partial charge on any atom is -0.337 e. The highest BCUT2D eigenvalue weighted by Crippen LogP contribution is 2.39. The Morgan fingerprint density at radius 2 is 1.88 bits per heavy atom. The zero-order valence-corrected chi connectivity index (χ0v) is 15.3. The monoisotopic (exact) mass is 359 g/mol. The third kappa shape index (κ3) is 4.44. The molecule has 0 bridgehead atoms. The third-order valence-corrected chi connectivity index (χ3v) is 6.03. The molecule has 1 N–H and O–H groups in total. The van der Waals surface area contributed by atoms with Gasteiger partial charge in [0.1, 0.15) is 5.54 Å². The summed E-state index contributed by atoms with van der Waals surface area (Å²) in [7, 11) is 0. The van der Waals surface area contributed by atoms with E-state index < -0.39 is 5.54 Å². The summed E-state index contributed by atoms with van der Waals surface area (Å²) >= 11 is 3.40. The number of amides is 1. The van der Waals surface area contributed by atoms with Crippen LogP contribution in [0.5, 0.6) is 0 Å². The Morgan fingerprint density at radius 1 is 1.29 bits per heavy atom. The second-order valence-electron chi connectivity index (χ2n) is 6.44. The summed E-state index contributed by atoms with van der Waals surface area (Å²) in [5, 5.41) is 16.5. The summed E-state index contributed by atoms with van der Waals surface area (Å²) in [6.45, 7) is 3.64. The first-order valence-electron chi connectivity index (χ1n) is 8.08. The van der Waals surface area contributed by atoms with Crippen molar-refractivity contribution in [1.29, 1.82) is 5.26 Å². The van der Waals surface area contributed by atoms with Crippen molar-refractivity contribution < 1.29 is 4.79 Å². The van der Waals surface area contributed by atoms with E-state index in [-0.39, 0.29) is 5.91 Å². The van der Waals surface area contributed by atoms with Crippen molar-refractivity contribution in [3.63, 3.8) is 0 Å². The van der Waals surface area contributed by atoms with E-state index in [2.05, 4.69) is 39.2 Å². The Bertz CT molecular complexity index is 665. The van der Waals surface area contributed by atoms with Gasteiger partial charge in [0.15, 0.2) is 0 Å². The molecule has 0 aliphatic heterocycles. The lowest BCUT2D eigenvalue weighted by Crippen LogP contribution is -2.50. The highest BCUT2D eigenvalue weighted by molar-refractivity contribution is 7.10. The lowest BCUT2D eigenvalue weighted by atomic mass is 9.98. The van der Waals surface area contributed by atoms with Gasteiger partial charge in [-0.05, 0) is 48.6 Å². The minimum atomic E-state index is -0.728. The topological polar surface area (TPSA) is 56.1 Å². The summed E-state index contributed by atoms with van der Waals surface area (Å²) in [6, 6.07) is 10.5. The van der Waals surface area contributed by atoms with Crippen LogP contribution < -0.4 is 5.32 Å². The molecule has 2 aromatic heterocycles. The van der Waals surface area contributed by atoms with Crippen LogP contribution in [0.15, 0.2) is 35.0 Å². The first-order valence-corrected chi connectivity index (χ1v) is 9.84. The van der Waals surface area contributed by atoms with E-state index in [9.17, 15) is 10.1 Å². The van der Waals surface area contributed by atoms with Gasteiger partial charge in [0.25, 0.3) is 0 Å². The average Bonchev–Trinajstić information content (AvgIpc) is 3.07. The molecule has 1 fully saturated rings. The lowest BCUT2D eigenvalue weighted by Gasteiger charge is -2.26. The van der Waals surface area contributed by atoms with Crippen molar-refractivity contribution >= 4 is 28.6 Å². The zero-order chi connectivity index (χ0) is 17.0. The van der Waals surface area contributed by atoms with Crippen molar-refractivity contribution in [1.82, 2.24) is 10.2 Å². The molecule has 0 radical (unpaired) electrons. The van der Waals surface area contributed by atoms with Gasteiger partial charge < -0.3 is 5.32 Å². The Hall–Kier alpha value is -1.68. The molecule has 0 saturated heterocycles. The summed E-state index contributed by atoms with van der Waals surface area (Å²) in [6.07, 6.45) is 2.05. The molecule has 1 aliphatic rings. The molecule has 0 spiro atoms. The zero-order valence-electron chi connectivity index (χ0n) is 13.7. The van der Waals surface area contributed by atoms with Gasteiger partial charge in [-0.1, -0.05) is 12.1 Å². The number of nitrogens with one attached hydrogen (secondary N) is 1. The largest absolute Gasteiger partial charge is 0.337 e. The van der Waals surface area contributed by atoms with Gasteiger partial charge in [-0.2, -0.15) is 5.26 Å². The minimum absolute atomic E-state index is 0.0703. The van der Waals surface area contributed by atoms with Crippen LogP contribution in [0.2, 0.25) is 0 Å². The molecule has 2 heterocycles. The van der Waals surface area contributed by atoms with Crippen LogP contribution in [0.1, 0.15) is 29.5 Å². The molecule has 1 aliphatic carbocycles. The fourth-order valence-electron chi connectivity index (χ4n) is 2.83. The van der Waals surface area contributed by atoms with Crippen LogP contribution in [0.3, 0.4) is 0 Å². The Morgan fingerprint density at radius 3 is 2.29 bits per heavy atom. The van der Waals surface area contributed by atoms with Gasteiger partial charge >= 0.3 is 0 Å². The molecule has 0 aromatic carbocycles. The van der Waals surface area contributed by atoms with Crippen LogP contribution in [0.4, 0.5) is 0 Å². The van der Waals surface area contributed by atoms with Crippen LogP contribution >= 0.6 is 22.7 Å². The number of nitrogens with zero attached hydrogens (tertiary/aromatic N) is 2. The number of thiophene rings is 2. The molecule has 1 saturated carbocycles. The third-order valence-electron chi connectivity index (χ3n) is 4.31. The summed E-state index contributed by atoms with van der Waals surface area (Å²) < 4.78 is 0.